The lowest BCUT2D eigenvalue weighted by Crippen LogP contribution is -2.25. The fourth-order valence-electron chi connectivity index (χ4n) is 1.91. The molecule has 0 heterocycles. The van der Waals surface area contributed by atoms with Crippen LogP contribution in [0.5, 0.6) is 23.0 Å². The van der Waals surface area contributed by atoms with Gasteiger partial charge in [0.1, 0.15) is 42.3 Å². The van der Waals surface area contributed by atoms with Gasteiger partial charge in [0.15, 0.2) is 0 Å². The van der Waals surface area contributed by atoms with Crippen LogP contribution in [0, 0.1) is 0 Å². The maximum atomic E-state index is 12.1. The van der Waals surface area contributed by atoms with Gasteiger partial charge in [-0.1, -0.05) is 0 Å². The largest absolute Gasteiger partial charge is 0.573 e. The van der Waals surface area contributed by atoms with E-state index in [2.05, 4.69) is 9.47 Å². The number of alkyl halides is 6. The van der Waals surface area contributed by atoms with Crippen LogP contribution in [0.25, 0.3) is 0 Å². The first kappa shape index (κ1) is 21.5. The van der Waals surface area contributed by atoms with E-state index in [0.29, 0.717) is 0 Å². The third-order valence-corrected chi connectivity index (χ3v) is 3.00. The minimum Gasteiger partial charge on any atom is -0.491 e. The van der Waals surface area contributed by atoms with Crippen LogP contribution in [0.3, 0.4) is 0 Å². The molecule has 0 unspecified atom stereocenters. The zero-order valence-electron chi connectivity index (χ0n) is 14.0. The van der Waals surface area contributed by atoms with Gasteiger partial charge in [0.05, 0.1) is 0 Å². The Balaban J connectivity index is 1.74. The highest BCUT2D eigenvalue weighted by molar-refractivity contribution is 5.32. The predicted molar refractivity (Wildman–Crippen MR) is 83.2 cm³/mol. The molecule has 0 aromatic heterocycles. The van der Waals surface area contributed by atoms with Crippen molar-refractivity contribution in [3.05, 3.63) is 48.5 Å². The molecule has 0 fully saturated rings. The molecule has 11 heteroatoms. The first-order chi connectivity index (χ1) is 13.0. The van der Waals surface area contributed by atoms with E-state index in [0.717, 1.165) is 24.3 Å². The molecule has 1 N–H and O–H groups in total. The van der Waals surface area contributed by atoms with Gasteiger partial charge in [-0.15, -0.1) is 26.3 Å². The summed E-state index contributed by atoms with van der Waals surface area (Å²) in [6.07, 6.45) is -10.7. The van der Waals surface area contributed by atoms with Gasteiger partial charge in [0.25, 0.3) is 0 Å². The zero-order valence-corrected chi connectivity index (χ0v) is 14.0. The minimum atomic E-state index is -4.80. The number of aliphatic hydroxyl groups excluding tert-OH is 1. The Morgan fingerprint density at radius 3 is 1.18 bits per heavy atom. The van der Waals surface area contributed by atoms with Gasteiger partial charge in [-0.25, -0.2) is 0 Å². The van der Waals surface area contributed by atoms with Gasteiger partial charge in [-0.3, -0.25) is 0 Å². The van der Waals surface area contributed by atoms with Crippen LogP contribution in [0.1, 0.15) is 0 Å². The van der Waals surface area contributed by atoms with Crippen molar-refractivity contribution in [2.45, 2.75) is 18.8 Å². The van der Waals surface area contributed by atoms with Gasteiger partial charge in [-0.05, 0) is 48.5 Å². The number of ether oxygens (including phenoxy) is 4. The molecule has 0 radical (unpaired) electrons. The molecule has 0 atom stereocenters. The summed E-state index contributed by atoms with van der Waals surface area (Å²) in [5.41, 5.74) is 0. The van der Waals surface area contributed by atoms with Crippen LogP contribution in [0.4, 0.5) is 26.3 Å². The Kier molecular flexibility index (Phi) is 6.84. The molecule has 28 heavy (non-hydrogen) atoms. The van der Waals surface area contributed by atoms with E-state index < -0.39 is 30.3 Å². The van der Waals surface area contributed by atoms with Crippen LogP contribution < -0.4 is 18.9 Å². The molecule has 0 amide bonds. The van der Waals surface area contributed by atoms with Crippen LogP contribution in [-0.4, -0.2) is 37.1 Å². The summed E-state index contributed by atoms with van der Waals surface area (Å²) < 4.78 is 90.2. The van der Waals surface area contributed by atoms with Crippen molar-refractivity contribution in [2.24, 2.45) is 0 Å². The Labute approximate surface area is 155 Å². The fraction of sp³-hybridized carbons (Fsp3) is 0.294. The van der Waals surface area contributed by atoms with E-state index in [1.165, 1.54) is 24.3 Å². The molecule has 0 saturated heterocycles. The summed E-state index contributed by atoms with van der Waals surface area (Å²) in [7, 11) is 0. The Morgan fingerprint density at radius 1 is 0.607 bits per heavy atom. The molecule has 2 aromatic rings. The predicted octanol–water partition coefficient (Wildman–Crippen LogP) is 4.30. The maximum Gasteiger partial charge on any atom is 0.573 e. The molecular formula is C17H14F6O5. The molecule has 0 aliphatic carbocycles. The third kappa shape index (κ3) is 8.25. The lowest BCUT2D eigenvalue weighted by atomic mass is 10.3. The average molecular weight is 412 g/mol. The van der Waals surface area contributed by atoms with Crippen molar-refractivity contribution in [1.29, 1.82) is 0 Å². The first-order valence-corrected chi connectivity index (χ1v) is 7.65. The van der Waals surface area contributed by atoms with Crippen molar-refractivity contribution in [2.75, 3.05) is 13.2 Å². The summed E-state index contributed by atoms with van der Waals surface area (Å²) in [5.74, 6) is -0.437. The molecule has 0 aliphatic rings. The summed E-state index contributed by atoms with van der Waals surface area (Å²) >= 11 is 0. The molecule has 2 rings (SSSR count). The number of benzene rings is 2. The highest BCUT2D eigenvalue weighted by Gasteiger charge is 2.31. The molecule has 154 valence electrons. The number of hydrogen-bond donors (Lipinski definition) is 1. The van der Waals surface area contributed by atoms with E-state index in [1.54, 1.807) is 0 Å². The second kappa shape index (κ2) is 8.91. The van der Waals surface area contributed by atoms with Crippen LogP contribution in [-0.2, 0) is 0 Å². The summed E-state index contributed by atoms with van der Waals surface area (Å²) in [4.78, 5) is 0. The molecule has 0 bridgehead atoms. The average Bonchev–Trinajstić information content (AvgIpc) is 2.58. The van der Waals surface area contributed by atoms with Gasteiger partial charge in [0, 0.05) is 0 Å². The van der Waals surface area contributed by atoms with Gasteiger partial charge < -0.3 is 24.1 Å². The van der Waals surface area contributed by atoms with Gasteiger partial charge in [0.2, 0.25) is 0 Å². The molecule has 0 saturated carbocycles. The van der Waals surface area contributed by atoms with E-state index >= 15 is 0 Å². The molecule has 0 spiro atoms. The van der Waals surface area contributed by atoms with Gasteiger partial charge >= 0.3 is 12.7 Å². The van der Waals surface area contributed by atoms with E-state index in [4.69, 9.17) is 9.47 Å². The van der Waals surface area contributed by atoms with Crippen LogP contribution >= 0.6 is 0 Å². The van der Waals surface area contributed by atoms with Crippen molar-refractivity contribution in [3.63, 3.8) is 0 Å². The monoisotopic (exact) mass is 412 g/mol. The smallest absolute Gasteiger partial charge is 0.491 e. The van der Waals surface area contributed by atoms with Crippen LogP contribution in [0.2, 0.25) is 0 Å². The second-order valence-corrected chi connectivity index (χ2v) is 5.31. The third-order valence-electron chi connectivity index (χ3n) is 3.00. The van der Waals surface area contributed by atoms with Crippen LogP contribution in [0.15, 0.2) is 48.5 Å². The zero-order chi connectivity index (χ0) is 20.8. The summed E-state index contributed by atoms with van der Waals surface area (Å²) in [5, 5.41) is 9.79. The Morgan fingerprint density at radius 2 is 0.893 bits per heavy atom. The number of aliphatic hydroxyl groups is 1. The van der Waals surface area contributed by atoms with Crippen molar-refractivity contribution in [1.82, 2.24) is 0 Å². The molecule has 2 aromatic carbocycles. The quantitative estimate of drug-likeness (QED) is 0.656. The van der Waals surface area contributed by atoms with E-state index in [-0.39, 0.29) is 24.7 Å². The number of hydrogen-bond acceptors (Lipinski definition) is 5. The first-order valence-electron chi connectivity index (χ1n) is 7.65. The minimum absolute atomic E-state index is 0.197. The molecule has 0 aliphatic heterocycles. The van der Waals surface area contributed by atoms with Crippen molar-refractivity contribution >= 4 is 0 Å². The standard InChI is InChI=1S/C17H14F6O5/c18-16(19,20)27-14-5-1-12(2-6-14)25-9-11(24)10-26-13-3-7-15(8-4-13)28-17(21,22)23/h1-8,11,24H,9-10H2. The van der Waals surface area contributed by atoms with Crippen molar-refractivity contribution < 1.29 is 50.4 Å². The number of halogens is 6. The lowest BCUT2D eigenvalue weighted by molar-refractivity contribution is -0.275. The van der Waals surface area contributed by atoms with E-state index in [9.17, 15) is 31.4 Å². The highest BCUT2D eigenvalue weighted by Crippen LogP contribution is 2.26. The normalized spacial score (nSPS) is 12.0. The second-order valence-electron chi connectivity index (χ2n) is 5.31. The van der Waals surface area contributed by atoms with Crippen molar-refractivity contribution in [3.8, 4) is 23.0 Å². The van der Waals surface area contributed by atoms with E-state index in [1.807, 2.05) is 0 Å². The fourth-order valence-corrected chi connectivity index (χ4v) is 1.91. The Hall–Kier alpha value is -2.82. The van der Waals surface area contributed by atoms with Gasteiger partial charge in [-0.2, -0.15) is 0 Å². The topological polar surface area (TPSA) is 57.2 Å². The summed E-state index contributed by atoms with van der Waals surface area (Å²) in [6, 6.07) is 9.13. The Bertz CT molecular complexity index is 664. The highest BCUT2D eigenvalue weighted by atomic mass is 19.4. The molecular weight excluding hydrogens is 398 g/mol. The number of rotatable bonds is 8. The summed E-state index contributed by atoms with van der Waals surface area (Å²) in [6.45, 7) is -0.455. The maximum absolute atomic E-state index is 12.1. The SMILES string of the molecule is OC(COc1ccc(OC(F)(F)F)cc1)COc1ccc(OC(F)(F)F)cc1. The molecule has 5 nitrogen and oxygen atoms in total. The lowest BCUT2D eigenvalue weighted by Gasteiger charge is -2.14.